The van der Waals surface area contributed by atoms with Gasteiger partial charge in [-0.3, -0.25) is 4.79 Å². The molecule has 1 aromatic carbocycles. The standard InChI is InChI=1S/C15H16F3N3O2/c1-21(2)8-7-19-13(22)12-9-23-14(20-12)10-3-5-11(6-4-10)15(16,17)18/h3-6,9H,7-8H2,1-2H3,(H,19,22). The quantitative estimate of drug-likeness (QED) is 0.917. The molecule has 2 rings (SSSR count). The zero-order chi connectivity index (χ0) is 17.0. The number of rotatable bonds is 5. The van der Waals surface area contributed by atoms with Gasteiger partial charge < -0.3 is 14.6 Å². The molecule has 0 aliphatic heterocycles. The normalized spacial score (nSPS) is 11.7. The number of carbonyl (C=O) groups is 1. The van der Waals surface area contributed by atoms with Gasteiger partial charge in [-0.25, -0.2) is 4.98 Å². The second-order valence-electron chi connectivity index (χ2n) is 5.17. The molecule has 1 aromatic heterocycles. The first-order valence-corrected chi connectivity index (χ1v) is 6.83. The maximum absolute atomic E-state index is 12.5. The Morgan fingerprint density at radius 1 is 1.26 bits per heavy atom. The van der Waals surface area contributed by atoms with E-state index in [2.05, 4.69) is 10.3 Å². The van der Waals surface area contributed by atoms with Crippen molar-refractivity contribution < 1.29 is 22.4 Å². The van der Waals surface area contributed by atoms with E-state index in [-0.39, 0.29) is 11.6 Å². The summed E-state index contributed by atoms with van der Waals surface area (Å²) in [5.41, 5.74) is -0.307. The molecular weight excluding hydrogens is 311 g/mol. The lowest BCUT2D eigenvalue weighted by Gasteiger charge is -2.09. The third-order valence-corrected chi connectivity index (χ3v) is 3.04. The van der Waals surface area contributed by atoms with Crippen LogP contribution in [0.2, 0.25) is 0 Å². The smallest absolute Gasteiger partial charge is 0.416 e. The van der Waals surface area contributed by atoms with Gasteiger partial charge in [0.2, 0.25) is 5.89 Å². The molecule has 1 amide bonds. The molecule has 0 atom stereocenters. The van der Waals surface area contributed by atoms with Gasteiger partial charge in [0.25, 0.3) is 5.91 Å². The van der Waals surface area contributed by atoms with Crippen molar-refractivity contribution in [2.24, 2.45) is 0 Å². The van der Waals surface area contributed by atoms with Gasteiger partial charge >= 0.3 is 6.18 Å². The highest BCUT2D eigenvalue weighted by molar-refractivity contribution is 5.92. The van der Waals surface area contributed by atoms with Gasteiger partial charge in [-0.15, -0.1) is 0 Å². The Kier molecular flexibility index (Phi) is 5.05. The number of oxazole rings is 1. The number of hydrogen-bond acceptors (Lipinski definition) is 4. The molecule has 0 saturated heterocycles. The fraction of sp³-hybridized carbons (Fsp3) is 0.333. The average molecular weight is 327 g/mol. The molecule has 8 heteroatoms. The number of nitrogens with zero attached hydrogens (tertiary/aromatic N) is 2. The summed E-state index contributed by atoms with van der Waals surface area (Å²) in [6, 6.07) is 4.39. The van der Waals surface area contributed by atoms with Crippen LogP contribution in [0.3, 0.4) is 0 Å². The summed E-state index contributed by atoms with van der Waals surface area (Å²) < 4.78 is 42.7. The third-order valence-electron chi connectivity index (χ3n) is 3.04. The lowest BCUT2D eigenvalue weighted by Crippen LogP contribution is -2.31. The van der Waals surface area contributed by atoms with E-state index in [1.807, 2.05) is 19.0 Å². The number of carbonyl (C=O) groups excluding carboxylic acids is 1. The van der Waals surface area contributed by atoms with Crippen LogP contribution in [0.15, 0.2) is 34.9 Å². The third kappa shape index (κ3) is 4.56. The van der Waals surface area contributed by atoms with E-state index in [1.165, 1.54) is 18.4 Å². The highest BCUT2D eigenvalue weighted by atomic mass is 19.4. The Balaban J connectivity index is 2.05. The van der Waals surface area contributed by atoms with Crippen molar-refractivity contribution in [1.82, 2.24) is 15.2 Å². The molecule has 1 N–H and O–H groups in total. The molecule has 23 heavy (non-hydrogen) atoms. The summed E-state index contributed by atoms with van der Waals surface area (Å²) in [7, 11) is 3.76. The van der Waals surface area contributed by atoms with Gasteiger partial charge in [0.15, 0.2) is 5.69 Å². The van der Waals surface area contributed by atoms with Crippen molar-refractivity contribution in [2.45, 2.75) is 6.18 Å². The summed E-state index contributed by atoms with van der Waals surface area (Å²) in [5, 5.41) is 2.67. The summed E-state index contributed by atoms with van der Waals surface area (Å²) in [6.45, 7) is 1.13. The highest BCUT2D eigenvalue weighted by Crippen LogP contribution is 2.30. The number of alkyl halides is 3. The Morgan fingerprint density at radius 2 is 1.91 bits per heavy atom. The van der Waals surface area contributed by atoms with E-state index < -0.39 is 17.6 Å². The first kappa shape index (κ1) is 17.0. The predicted molar refractivity (Wildman–Crippen MR) is 77.8 cm³/mol. The SMILES string of the molecule is CN(C)CCNC(=O)c1coc(-c2ccc(C(F)(F)F)cc2)n1. The maximum atomic E-state index is 12.5. The van der Waals surface area contributed by atoms with Crippen LogP contribution in [0.5, 0.6) is 0 Å². The van der Waals surface area contributed by atoms with Crippen LogP contribution in [0.25, 0.3) is 11.5 Å². The fourth-order valence-corrected chi connectivity index (χ4v) is 1.80. The minimum absolute atomic E-state index is 0.0821. The van der Waals surface area contributed by atoms with Crippen molar-refractivity contribution in [3.63, 3.8) is 0 Å². The Bertz CT molecular complexity index is 663. The van der Waals surface area contributed by atoms with E-state index in [9.17, 15) is 18.0 Å². The van der Waals surface area contributed by atoms with Crippen molar-refractivity contribution >= 4 is 5.91 Å². The Morgan fingerprint density at radius 3 is 2.48 bits per heavy atom. The van der Waals surface area contributed by atoms with Crippen molar-refractivity contribution in [1.29, 1.82) is 0 Å². The van der Waals surface area contributed by atoms with Crippen LogP contribution in [0.1, 0.15) is 16.1 Å². The molecule has 0 spiro atoms. The second-order valence-corrected chi connectivity index (χ2v) is 5.17. The zero-order valence-electron chi connectivity index (χ0n) is 12.6. The van der Waals surface area contributed by atoms with Crippen LogP contribution in [0.4, 0.5) is 13.2 Å². The van der Waals surface area contributed by atoms with Crippen LogP contribution in [-0.4, -0.2) is 43.0 Å². The number of nitrogens with one attached hydrogen (secondary N) is 1. The van der Waals surface area contributed by atoms with Crippen LogP contribution in [-0.2, 0) is 6.18 Å². The van der Waals surface area contributed by atoms with Gasteiger partial charge in [-0.2, -0.15) is 13.2 Å². The first-order chi connectivity index (χ1) is 10.8. The van der Waals surface area contributed by atoms with E-state index in [0.29, 0.717) is 18.7 Å². The van der Waals surface area contributed by atoms with Crippen molar-refractivity contribution in [3.05, 3.63) is 41.8 Å². The molecule has 0 aliphatic carbocycles. The molecule has 0 aliphatic rings. The van der Waals surface area contributed by atoms with Gasteiger partial charge in [-0.05, 0) is 38.4 Å². The van der Waals surface area contributed by atoms with Crippen LogP contribution < -0.4 is 5.32 Å². The van der Waals surface area contributed by atoms with Gasteiger partial charge in [0.05, 0.1) is 5.56 Å². The van der Waals surface area contributed by atoms with Gasteiger partial charge in [0, 0.05) is 18.7 Å². The van der Waals surface area contributed by atoms with Crippen molar-refractivity contribution in [2.75, 3.05) is 27.2 Å². The molecular formula is C15H16F3N3O2. The number of hydrogen-bond donors (Lipinski definition) is 1. The Hall–Kier alpha value is -2.35. The van der Waals surface area contributed by atoms with E-state index in [0.717, 1.165) is 12.1 Å². The fourth-order valence-electron chi connectivity index (χ4n) is 1.80. The Labute approximate surface area is 131 Å². The van der Waals surface area contributed by atoms with Gasteiger partial charge in [-0.1, -0.05) is 0 Å². The molecule has 0 saturated carbocycles. The van der Waals surface area contributed by atoms with E-state index in [1.54, 1.807) is 0 Å². The van der Waals surface area contributed by atoms with Crippen LogP contribution in [0, 0.1) is 0 Å². The summed E-state index contributed by atoms with van der Waals surface area (Å²) in [5.74, 6) is -0.301. The summed E-state index contributed by atoms with van der Waals surface area (Å²) >= 11 is 0. The monoisotopic (exact) mass is 327 g/mol. The number of likely N-dealkylation sites (N-methyl/N-ethyl adjacent to an activating group) is 1. The molecule has 0 bridgehead atoms. The van der Waals surface area contributed by atoms with Gasteiger partial charge in [0.1, 0.15) is 6.26 Å². The van der Waals surface area contributed by atoms with E-state index >= 15 is 0 Å². The number of amides is 1. The summed E-state index contributed by atoms with van der Waals surface area (Å²) in [4.78, 5) is 17.8. The van der Waals surface area contributed by atoms with E-state index in [4.69, 9.17) is 4.42 Å². The number of aromatic nitrogens is 1. The van der Waals surface area contributed by atoms with Crippen molar-refractivity contribution in [3.8, 4) is 11.5 Å². The molecule has 5 nitrogen and oxygen atoms in total. The average Bonchev–Trinajstić information content (AvgIpc) is 2.96. The maximum Gasteiger partial charge on any atom is 0.416 e. The molecule has 0 fully saturated rings. The predicted octanol–water partition coefficient (Wildman–Crippen LogP) is 2.65. The molecule has 1 heterocycles. The zero-order valence-corrected chi connectivity index (χ0v) is 12.6. The number of benzene rings is 1. The molecule has 2 aromatic rings. The topological polar surface area (TPSA) is 58.4 Å². The van der Waals surface area contributed by atoms with Crippen LogP contribution >= 0.6 is 0 Å². The molecule has 124 valence electrons. The molecule has 0 unspecified atom stereocenters. The molecule has 0 radical (unpaired) electrons. The lowest BCUT2D eigenvalue weighted by atomic mass is 10.1. The minimum Gasteiger partial charge on any atom is -0.444 e. The minimum atomic E-state index is -4.40. The first-order valence-electron chi connectivity index (χ1n) is 6.83. The lowest BCUT2D eigenvalue weighted by molar-refractivity contribution is -0.137. The number of halogens is 3. The second kappa shape index (κ2) is 6.82. The summed E-state index contributed by atoms with van der Waals surface area (Å²) in [6.07, 6.45) is -3.22. The largest absolute Gasteiger partial charge is 0.444 e. The highest BCUT2D eigenvalue weighted by Gasteiger charge is 2.30.